The molecule has 3 rings (SSSR count). The summed E-state index contributed by atoms with van der Waals surface area (Å²) >= 11 is -0.240. The van der Waals surface area contributed by atoms with E-state index in [4.69, 9.17) is 0 Å². The standard InChI is InChI=1S/C16H10F2O2Se/c17-13-7-9(19)1-3-11(13)15-5-6-16(21-15)12-4-2-10(20)8-14(12)18/h1-8,19-20H. The molecular formula is C16H10F2O2Se. The van der Waals surface area contributed by atoms with E-state index in [-0.39, 0.29) is 26.0 Å². The molecule has 0 aliphatic rings. The van der Waals surface area contributed by atoms with Gasteiger partial charge in [-0.2, -0.15) is 0 Å². The van der Waals surface area contributed by atoms with Gasteiger partial charge in [-0.1, -0.05) is 0 Å². The topological polar surface area (TPSA) is 40.5 Å². The van der Waals surface area contributed by atoms with Crippen LogP contribution in [0.2, 0.25) is 0 Å². The first-order chi connectivity index (χ1) is 10.0. The first kappa shape index (κ1) is 13.9. The maximum absolute atomic E-state index is 13.8. The summed E-state index contributed by atoms with van der Waals surface area (Å²) in [6, 6.07) is 11.5. The molecule has 2 aromatic carbocycles. The van der Waals surface area contributed by atoms with Crippen LogP contribution in [-0.4, -0.2) is 24.7 Å². The molecule has 2 N–H and O–H groups in total. The zero-order valence-electron chi connectivity index (χ0n) is 10.7. The molecule has 0 spiro atoms. The van der Waals surface area contributed by atoms with Crippen LogP contribution in [-0.2, 0) is 0 Å². The Kier molecular flexibility index (Phi) is 3.53. The molecule has 0 amide bonds. The average molecular weight is 351 g/mol. The summed E-state index contributed by atoms with van der Waals surface area (Å²) in [5.41, 5.74) is 0.830. The van der Waals surface area contributed by atoms with E-state index in [0.717, 1.165) is 21.0 Å². The number of hydrogen-bond acceptors (Lipinski definition) is 2. The van der Waals surface area contributed by atoms with Crippen molar-refractivity contribution in [2.24, 2.45) is 0 Å². The van der Waals surface area contributed by atoms with Crippen LogP contribution in [0, 0.1) is 11.6 Å². The Hall–Kier alpha value is -2.10. The first-order valence-corrected chi connectivity index (χ1v) is 7.83. The Morgan fingerprint density at radius 2 is 1.10 bits per heavy atom. The zero-order chi connectivity index (χ0) is 15.0. The average Bonchev–Trinajstić information content (AvgIpc) is 2.87. The molecule has 106 valence electrons. The molecule has 0 bridgehead atoms. The van der Waals surface area contributed by atoms with Crippen molar-refractivity contribution in [2.75, 3.05) is 0 Å². The van der Waals surface area contributed by atoms with Gasteiger partial charge >= 0.3 is 125 Å². The van der Waals surface area contributed by atoms with Gasteiger partial charge in [-0.15, -0.1) is 0 Å². The van der Waals surface area contributed by atoms with Gasteiger partial charge in [0.25, 0.3) is 0 Å². The number of phenols is 2. The van der Waals surface area contributed by atoms with Gasteiger partial charge in [-0.3, -0.25) is 0 Å². The second-order valence-electron chi connectivity index (χ2n) is 4.49. The fourth-order valence-electron chi connectivity index (χ4n) is 2.04. The summed E-state index contributed by atoms with van der Waals surface area (Å²) in [5, 5.41) is 18.5. The minimum absolute atomic E-state index is 0.125. The van der Waals surface area contributed by atoms with Gasteiger partial charge in [-0.25, -0.2) is 0 Å². The van der Waals surface area contributed by atoms with E-state index < -0.39 is 11.6 Å². The van der Waals surface area contributed by atoms with Gasteiger partial charge < -0.3 is 0 Å². The van der Waals surface area contributed by atoms with Crippen molar-refractivity contribution in [3.63, 3.8) is 0 Å². The third kappa shape index (κ3) is 2.71. The normalized spacial score (nSPS) is 10.8. The monoisotopic (exact) mass is 352 g/mol. The predicted molar refractivity (Wildman–Crippen MR) is 77.5 cm³/mol. The zero-order valence-corrected chi connectivity index (χ0v) is 12.4. The van der Waals surface area contributed by atoms with Crippen LogP contribution in [0.3, 0.4) is 0 Å². The number of phenolic OH excluding ortho intramolecular Hbond substituents is 2. The molecule has 5 heteroatoms. The molecule has 1 aromatic heterocycles. The van der Waals surface area contributed by atoms with E-state index in [9.17, 15) is 19.0 Å². The molecule has 0 saturated carbocycles. The van der Waals surface area contributed by atoms with Crippen LogP contribution < -0.4 is 0 Å². The van der Waals surface area contributed by atoms with Gasteiger partial charge in [0.1, 0.15) is 0 Å². The number of halogens is 2. The minimum atomic E-state index is -0.496. The molecule has 0 fully saturated rings. The molecule has 0 radical (unpaired) electrons. The summed E-state index contributed by atoms with van der Waals surface area (Å²) < 4.78 is 29.2. The van der Waals surface area contributed by atoms with Gasteiger partial charge in [0.2, 0.25) is 0 Å². The van der Waals surface area contributed by atoms with E-state index in [1.165, 1.54) is 24.3 Å². The Bertz CT molecular complexity index is 746. The van der Waals surface area contributed by atoms with Gasteiger partial charge in [0.05, 0.1) is 0 Å². The van der Waals surface area contributed by atoms with Crippen molar-refractivity contribution in [3.8, 4) is 31.5 Å². The molecule has 0 aliphatic carbocycles. The van der Waals surface area contributed by atoms with Crippen molar-refractivity contribution in [2.45, 2.75) is 0 Å². The molecule has 2 nitrogen and oxygen atoms in total. The van der Waals surface area contributed by atoms with Crippen LogP contribution >= 0.6 is 0 Å². The van der Waals surface area contributed by atoms with Gasteiger partial charge in [0.15, 0.2) is 0 Å². The fourth-order valence-corrected chi connectivity index (χ4v) is 4.26. The second-order valence-corrected chi connectivity index (χ2v) is 6.77. The van der Waals surface area contributed by atoms with Crippen LogP contribution in [0.15, 0.2) is 48.5 Å². The quantitative estimate of drug-likeness (QED) is 0.690. The van der Waals surface area contributed by atoms with Crippen LogP contribution in [0.1, 0.15) is 0 Å². The summed E-state index contributed by atoms with van der Waals surface area (Å²) in [5.74, 6) is -1.24. The van der Waals surface area contributed by atoms with E-state index in [0.29, 0.717) is 11.1 Å². The van der Waals surface area contributed by atoms with E-state index in [2.05, 4.69) is 0 Å². The summed E-state index contributed by atoms with van der Waals surface area (Å²) in [6.07, 6.45) is 0. The summed E-state index contributed by atoms with van der Waals surface area (Å²) in [7, 11) is 0. The van der Waals surface area contributed by atoms with E-state index >= 15 is 0 Å². The Morgan fingerprint density at radius 3 is 1.48 bits per heavy atom. The third-order valence-corrected chi connectivity index (χ3v) is 5.46. The van der Waals surface area contributed by atoms with Crippen molar-refractivity contribution in [1.82, 2.24) is 0 Å². The SMILES string of the molecule is Oc1ccc(-c2ccc(-c3ccc(O)cc3F)[se]2)c(F)c1. The van der Waals surface area contributed by atoms with E-state index in [1.54, 1.807) is 12.1 Å². The van der Waals surface area contributed by atoms with Crippen LogP contribution in [0.4, 0.5) is 8.78 Å². The van der Waals surface area contributed by atoms with Crippen molar-refractivity contribution < 1.29 is 19.0 Å². The molecular weight excluding hydrogens is 341 g/mol. The number of benzene rings is 2. The molecule has 0 unspecified atom stereocenters. The molecule has 1 heterocycles. The summed E-state index contributed by atoms with van der Waals surface area (Å²) in [6.45, 7) is 0. The third-order valence-electron chi connectivity index (χ3n) is 3.04. The van der Waals surface area contributed by atoms with Gasteiger partial charge in [0, 0.05) is 0 Å². The van der Waals surface area contributed by atoms with Crippen molar-refractivity contribution in [3.05, 3.63) is 60.2 Å². The van der Waals surface area contributed by atoms with Crippen molar-refractivity contribution >= 4 is 14.5 Å². The van der Waals surface area contributed by atoms with Crippen LogP contribution in [0.5, 0.6) is 11.5 Å². The predicted octanol–water partition coefficient (Wildman–Crippen LogP) is 3.77. The number of rotatable bonds is 2. The molecule has 3 aromatic rings. The van der Waals surface area contributed by atoms with E-state index in [1.807, 2.05) is 0 Å². The second kappa shape index (κ2) is 5.35. The molecule has 0 saturated heterocycles. The number of aromatic hydroxyl groups is 2. The molecule has 0 aliphatic heterocycles. The summed E-state index contributed by atoms with van der Waals surface area (Å²) in [4.78, 5) is 0. The first-order valence-electron chi connectivity index (χ1n) is 6.12. The van der Waals surface area contributed by atoms with Crippen molar-refractivity contribution in [1.29, 1.82) is 0 Å². The Balaban J connectivity index is 2.03. The Morgan fingerprint density at radius 1 is 0.667 bits per heavy atom. The molecule has 0 atom stereocenters. The van der Waals surface area contributed by atoms with Crippen LogP contribution in [0.25, 0.3) is 20.0 Å². The number of hydrogen-bond donors (Lipinski definition) is 2. The van der Waals surface area contributed by atoms with Gasteiger partial charge in [-0.05, 0) is 0 Å². The fraction of sp³-hybridized carbons (Fsp3) is 0. The Labute approximate surface area is 125 Å². The molecule has 21 heavy (non-hydrogen) atoms. The maximum atomic E-state index is 13.8.